The molecule has 1 aromatic heterocycles. The van der Waals surface area contributed by atoms with E-state index in [2.05, 4.69) is 71.0 Å². The summed E-state index contributed by atoms with van der Waals surface area (Å²) >= 11 is 0. The van der Waals surface area contributed by atoms with Crippen LogP contribution in [0.5, 0.6) is 0 Å². The number of nitrogens with one attached hydrogen (secondary N) is 2. The van der Waals surface area contributed by atoms with Crippen LogP contribution in [0.2, 0.25) is 0 Å². The van der Waals surface area contributed by atoms with Gasteiger partial charge in [-0.3, -0.25) is 0 Å². The van der Waals surface area contributed by atoms with Crippen LogP contribution in [0.4, 0.5) is 0 Å². The number of hydrogen-bond acceptors (Lipinski definition) is 1. The monoisotopic (exact) mass is 300 g/mol. The highest BCUT2D eigenvalue weighted by atomic mass is 15.0. The Morgan fingerprint density at radius 2 is 1.70 bits per heavy atom. The van der Waals surface area contributed by atoms with Crippen molar-refractivity contribution in [3.63, 3.8) is 0 Å². The first kappa shape index (κ1) is 13.1. The van der Waals surface area contributed by atoms with Crippen LogP contribution in [0.15, 0.2) is 60.7 Å². The van der Waals surface area contributed by atoms with E-state index < -0.39 is 0 Å². The topological polar surface area (TPSA) is 27.8 Å². The second kappa shape index (κ2) is 5.10. The molecule has 0 radical (unpaired) electrons. The Bertz CT molecular complexity index is 889. The molecule has 0 spiro atoms. The highest BCUT2D eigenvalue weighted by molar-refractivity contribution is 6.00. The first-order chi connectivity index (χ1) is 11.4. The minimum atomic E-state index is 0.557. The first-order valence-electron chi connectivity index (χ1n) is 8.52. The van der Waals surface area contributed by atoms with E-state index in [1.165, 1.54) is 46.1 Å². The average molecular weight is 300 g/mol. The molecule has 2 heteroatoms. The van der Waals surface area contributed by atoms with Crippen LogP contribution in [0.1, 0.15) is 24.8 Å². The second-order valence-electron chi connectivity index (χ2n) is 6.73. The molecule has 0 amide bonds. The van der Waals surface area contributed by atoms with E-state index in [9.17, 15) is 0 Å². The number of fused-ring (bicyclic) bond motifs is 3. The predicted octanol–water partition coefficient (Wildman–Crippen LogP) is 4.74. The van der Waals surface area contributed by atoms with Crippen LogP contribution < -0.4 is 5.32 Å². The van der Waals surface area contributed by atoms with Crippen LogP contribution in [0.25, 0.3) is 27.7 Å². The maximum atomic E-state index is 3.70. The van der Waals surface area contributed by atoms with Gasteiger partial charge in [-0.2, -0.15) is 0 Å². The molecule has 0 aliphatic carbocycles. The summed E-state index contributed by atoms with van der Waals surface area (Å²) in [5.41, 5.74) is 6.68. The number of para-hydroxylation sites is 1. The van der Waals surface area contributed by atoms with E-state index >= 15 is 0 Å². The fourth-order valence-corrected chi connectivity index (χ4v) is 4.20. The maximum Gasteiger partial charge on any atom is 0.0541 e. The summed E-state index contributed by atoms with van der Waals surface area (Å²) in [5, 5.41) is 5.05. The first-order valence-corrected chi connectivity index (χ1v) is 8.52. The van der Waals surface area contributed by atoms with Crippen LogP contribution in [0.3, 0.4) is 0 Å². The zero-order valence-electron chi connectivity index (χ0n) is 13.0. The van der Waals surface area contributed by atoms with Crippen molar-refractivity contribution >= 4 is 16.5 Å². The number of H-pyrrole nitrogens is 1. The fraction of sp³-hybridized carbons (Fsp3) is 0.238. The quantitative estimate of drug-likeness (QED) is 0.702. The van der Waals surface area contributed by atoms with Crippen molar-refractivity contribution in [1.82, 2.24) is 10.3 Å². The molecular weight excluding hydrogens is 280 g/mol. The molecule has 0 saturated carbocycles. The standard InChI is InChI=1S/C21H20N2/c1-2-6-14(7-3-1)21-20(18-8-4-5-9-19(18)23-21)15-12-16-10-11-17(13-15)22-16/h1-9,12,16-17,22-23H,10-11,13H2. The van der Waals surface area contributed by atoms with Gasteiger partial charge >= 0.3 is 0 Å². The number of rotatable bonds is 2. The molecule has 2 aliphatic rings. The van der Waals surface area contributed by atoms with Gasteiger partial charge < -0.3 is 10.3 Å². The Morgan fingerprint density at radius 3 is 2.57 bits per heavy atom. The van der Waals surface area contributed by atoms with Gasteiger partial charge in [0.05, 0.1) is 5.69 Å². The molecule has 2 N–H and O–H groups in total. The summed E-state index contributed by atoms with van der Waals surface area (Å²) < 4.78 is 0. The molecule has 1 saturated heterocycles. The molecule has 2 aromatic carbocycles. The Labute approximate surface area is 136 Å². The lowest BCUT2D eigenvalue weighted by Gasteiger charge is -2.22. The molecule has 114 valence electrons. The highest BCUT2D eigenvalue weighted by Crippen LogP contribution is 2.40. The molecule has 2 unspecified atom stereocenters. The molecule has 2 bridgehead atoms. The van der Waals surface area contributed by atoms with Crippen molar-refractivity contribution in [3.05, 3.63) is 66.2 Å². The lowest BCUT2D eigenvalue weighted by molar-refractivity contribution is 0.575. The van der Waals surface area contributed by atoms with Crippen molar-refractivity contribution in [2.45, 2.75) is 31.3 Å². The minimum Gasteiger partial charge on any atom is -0.354 e. The molecular formula is C21H20N2. The lowest BCUT2D eigenvalue weighted by atomic mass is 9.92. The van der Waals surface area contributed by atoms with E-state index in [-0.39, 0.29) is 0 Å². The largest absolute Gasteiger partial charge is 0.354 e. The van der Waals surface area contributed by atoms with Crippen LogP contribution in [-0.2, 0) is 0 Å². The van der Waals surface area contributed by atoms with E-state index in [0.717, 1.165) is 6.42 Å². The summed E-state index contributed by atoms with van der Waals surface area (Å²) in [4.78, 5) is 3.67. The Hall–Kier alpha value is -2.32. The zero-order valence-corrected chi connectivity index (χ0v) is 13.0. The van der Waals surface area contributed by atoms with Gasteiger partial charge in [0.1, 0.15) is 0 Å². The molecule has 2 atom stereocenters. The summed E-state index contributed by atoms with van der Waals surface area (Å²) in [5.74, 6) is 0. The third-order valence-corrected chi connectivity index (χ3v) is 5.23. The predicted molar refractivity (Wildman–Crippen MR) is 96.3 cm³/mol. The zero-order chi connectivity index (χ0) is 15.2. The van der Waals surface area contributed by atoms with Gasteiger partial charge in [-0.15, -0.1) is 0 Å². The summed E-state index contributed by atoms with van der Waals surface area (Å²) in [7, 11) is 0. The Kier molecular flexibility index (Phi) is 2.92. The van der Waals surface area contributed by atoms with E-state index in [0.29, 0.717) is 12.1 Å². The van der Waals surface area contributed by atoms with Crippen LogP contribution in [-0.4, -0.2) is 17.1 Å². The Balaban J connectivity index is 1.76. The number of hydrogen-bond donors (Lipinski definition) is 2. The van der Waals surface area contributed by atoms with Crippen molar-refractivity contribution in [2.75, 3.05) is 0 Å². The van der Waals surface area contributed by atoms with Gasteiger partial charge in [0.2, 0.25) is 0 Å². The molecule has 1 fully saturated rings. The minimum absolute atomic E-state index is 0.557. The summed E-state index contributed by atoms with van der Waals surface area (Å²) in [6.07, 6.45) is 6.18. The molecule has 23 heavy (non-hydrogen) atoms. The molecule has 3 heterocycles. The molecule has 5 rings (SSSR count). The van der Waals surface area contributed by atoms with E-state index in [4.69, 9.17) is 0 Å². The molecule has 2 aliphatic heterocycles. The van der Waals surface area contributed by atoms with Crippen molar-refractivity contribution in [2.24, 2.45) is 0 Å². The number of aromatic amines is 1. The van der Waals surface area contributed by atoms with Crippen molar-refractivity contribution in [1.29, 1.82) is 0 Å². The number of benzene rings is 2. The summed E-state index contributed by atoms with van der Waals surface area (Å²) in [6, 6.07) is 20.6. The average Bonchev–Trinajstić information content (AvgIpc) is 3.15. The third-order valence-electron chi connectivity index (χ3n) is 5.23. The van der Waals surface area contributed by atoms with Gasteiger partial charge in [-0.05, 0) is 36.5 Å². The fourth-order valence-electron chi connectivity index (χ4n) is 4.20. The van der Waals surface area contributed by atoms with E-state index in [1.807, 2.05) is 0 Å². The lowest BCUT2D eigenvalue weighted by Crippen LogP contribution is -2.31. The third kappa shape index (κ3) is 2.13. The van der Waals surface area contributed by atoms with Crippen LogP contribution >= 0.6 is 0 Å². The van der Waals surface area contributed by atoms with Gasteiger partial charge in [-0.25, -0.2) is 0 Å². The highest BCUT2D eigenvalue weighted by Gasteiger charge is 2.30. The summed E-state index contributed by atoms with van der Waals surface area (Å²) in [6.45, 7) is 0. The molecule has 3 aromatic rings. The van der Waals surface area contributed by atoms with Gasteiger partial charge in [0.15, 0.2) is 0 Å². The van der Waals surface area contributed by atoms with Crippen LogP contribution in [0, 0.1) is 0 Å². The maximum absolute atomic E-state index is 3.70. The normalized spacial score (nSPS) is 23.2. The second-order valence-corrected chi connectivity index (χ2v) is 6.73. The SMILES string of the molecule is C1=C(c2c(-c3ccccc3)[nH]c3ccccc23)CC2CCC1N2. The van der Waals surface area contributed by atoms with E-state index in [1.54, 1.807) is 0 Å². The molecule has 2 nitrogen and oxygen atoms in total. The smallest absolute Gasteiger partial charge is 0.0541 e. The van der Waals surface area contributed by atoms with Gasteiger partial charge in [0.25, 0.3) is 0 Å². The van der Waals surface area contributed by atoms with Gasteiger partial charge in [-0.1, -0.05) is 54.6 Å². The van der Waals surface area contributed by atoms with Crippen molar-refractivity contribution in [3.8, 4) is 11.3 Å². The van der Waals surface area contributed by atoms with Crippen molar-refractivity contribution < 1.29 is 0 Å². The number of aromatic nitrogens is 1. The Morgan fingerprint density at radius 1 is 0.870 bits per heavy atom. The van der Waals surface area contributed by atoms with Gasteiger partial charge in [0, 0.05) is 28.6 Å².